The fourth-order valence-corrected chi connectivity index (χ4v) is 2.53. The first kappa shape index (κ1) is 19.3. The average Bonchev–Trinajstić information content (AvgIpc) is 2.66. The minimum atomic E-state index is -4.38. The van der Waals surface area contributed by atoms with Crippen molar-refractivity contribution in [3.8, 4) is 0 Å². The lowest BCUT2D eigenvalue weighted by atomic mass is 10.2. The Bertz CT molecular complexity index is 1050. The molecule has 0 unspecified atom stereocenters. The molecular formula is C18H16F3N5O2. The molecule has 0 radical (unpaired) electrons. The van der Waals surface area contributed by atoms with Gasteiger partial charge in [0.05, 0.1) is 23.3 Å². The van der Waals surface area contributed by atoms with E-state index in [0.29, 0.717) is 10.9 Å². The van der Waals surface area contributed by atoms with Gasteiger partial charge >= 0.3 is 6.18 Å². The number of nitrogens with one attached hydrogen (secondary N) is 2. The van der Waals surface area contributed by atoms with Gasteiger partial charge in [-0.25, -0.2) is 4.68 Å². The van der Waals surface area contributed by atoms with Crippen molar-refractivity contribution in [2.24, 2.45) is 0 Å². The number of hydrogen-bond acceptors (Lipinski definition) is 5. The Morgan fingerprint density at radius 2 is 1.71 bits per heavy atom. The van der Waals surface area contributed by atoms with Crippen LogP contribution in [-0.4, -0.2) is 33.6 Å². The Morgan fingerprint density at radius 1 is 1.04 bits per heavy atom. The maximum Gasteiger partial charge on any atom is 0.405 e. The number of rotatable bonds is 6. The summed E-state index contributed by atoms with van der Waals surface area (Å²) < 4.78 is 38.3. The van der Waals surface area contributed by atoms with Gasteiger partial charge in [0.1, 0.15) is 12.1 Å². The highest BCUT2D eigenvalue weighted by Gasteiger charge is 2.27. The first-order valence-electron chi connectivity index (χ1n) is 8.35. The van der Waals surface area contributed by atoms with Crippen LogP contribution in [-0.2, 0) is 11.3 Å². The van der Waals surface area contributed by atoms with Crippen molar-refractivity contribution in [1.82, 2.24) is 15.0 Å². The van der Waals surface area contributed by atoms with Crippen molar-refractivity contribution in [1.29, 1.82) is 0 Å². The lowest BCUT2D eigenvalue weighted by Gasteiger charge is -2.14. The smallest absolute Gasteiger partial charge is 0.375 e. The minimum Gasteiger partial charge on any atom is -0.375 e. The molecule has 0 bridgehead atoms. The number of carbonyl (C=O) groups is 1. The Balaban J connectivity index is 1.65. The van der Waals surface area contributed by atoms with Crippen LogP contribution in [0.2, 0.25) is 0 Å². The van der Waals surface area contributed by atoms with Gasteiger partial charge in [0.25, 0.3) is 5.56 Å². The lowest BCUT2D eigenvalue weighted by molar-refractivity contribution is -0.116. The Labute approximate surface area is 157 Å². The molecule has 3 rings (SSSR count). The number of benzene rings is 2. The second-order valence-corrected chi connectivity index (χ2v) is 5.95. The van der Waals surface area contributed by atoms with Crippen molar-refractivity contribution < 1.29 is 18.0 Å². The van der Waals surface area contributed by atoms with Crippen molar-refractivity contribution >= 4 is 28.2 Å². The number of halogens is 3. The third-order valence-corrected chi connectivity index (χ3v) is 3.86. The van der Waals surface area contributed by atoms with Crippen LogP contribution in [0.25, 0.3) is 10.9 Å². The monoisotopic (exact) mass is 391 g/mol. The molecule has 0 spiro atoms. The molecule has 0 aliphatic heterocycles. The molecule has 0 aliphatic rings. The number of fused-ring (bicyclic) bond motifs is 1. The molecule has 0 saturated heterocycles. The summed E-state index contributed by atoms with van der Waals surface area (Å²) in [5, 5.41) is 12.9. The predicted octanol–water partition coefficient (Wildman–Crippen LogP) is 2.79. The number of alkyl halides is 3. The Hall–Kier alpha value is -3.43. The maximum absolute atomic E-state index is 12.4. The molecule has 1 amide bonds. The van der Waals surface area contributed by atoms with E-state index in [0.717, 1.165) is 4.68 Å². The summed E-state index contributed by atoms with van der Waals surface area (Å²) in [6.45, 7) is -1.23. The molecule has 7 nitrogen and oxygen atoms in total. The quantitative estimate of drug-likeness (QED) is 0.675. The number of nitrogens with zero attached hydrogens (tertiary/aromatic N) is 3. The van der Waals surface area contributed by atoms with Gasteiger partial charge in [-0.1, -0.05) is 29.5 Å². The first-order chi connectivity index (χ1) is 13.3. The molecule has 2 aromatic carbocycles. The summed E-state index contributed by atoms with van der Waals surface area (Å²) in [6, 6.07) is 12.8. The lowest BCUT2D eigenvalue weighted by Crippen LogP contribution is -2.27. The van der Waals surface area contributed by atoms with E-state index in [9.17, 15) is 22.8 Å². The number of aromatic nitrogens is 3. The molecular weight excluding hydrogens is 375 g/mol. The second kappa shape index (κ2) is 8.07. The third-order valence-electron chi connectivity index (χ3n) is 3.86. The van der Waals surface area contributed by atoms with Crippen LogP contribution < -0.4 is 16.2 Å². The summed E-state index contributed by atoms with van der Waals surface area (Å²) in [5.41, 5.74) is 0.452. The maximum atomic E-state index is 12.4. The van der Waals surface area contributed by atoms with Crippen molar-refractivity contribution in [3.63, 3.8) is 0 Å². The number of para-hydroxylation sites is 2. The Morgan fingerprint density at radius 3 is 2.46 bits per heavy atom. The minimum absolute atomic E-state index is 0.0132. The van der Waals surface area contributed by atoms with Gasteiger partial charge in [-0.3, -0.25) is 9.59 Å². The summed E-state index contributed by atoms with van der Waals surface area (Å²) in [5.74, 6) is -0.469. The average molecular weight is 391 g/mol. The number of amides is 1. The normalized spacial score (nSPS) is 11.4. The van der Waals surface area contributed by atoms with Crippen molar-refractivity contribution in [2.75, 3.05) is 17.2 Å². The van der Waals surface area contributed by atoms with Crippen molar-refractivity contribution in [3.05, 3.63) is 58.9 Å². The molecule has 146 valence electrons. The standard InChI is InChI=1S/C18H16F3N5O2/c19-18(20,21)11-22-14-7-3-4-8-15(14)23-16(27)9-10-26-17(28)12-5-1-2-6-13(12)24-25-26/h1-8,22H,9-11H2,(H,23,27). The van der Waals surface area contributed by atoms with Crippen LogP contribution in [0.15, 0.2) is 53.3 Å². The van der Waals surface area contributed by atoms with Crippen LogP contribution in [0.4, 0.5) is 24.5 Å². The molecule has 0 aliphatic carbocycles. The first-order valence-corrected chi connectivity index (χ1v) is 8.35. The van der Waals surface area contributed by atoms with E-state index < -0.39 is 18.6 Å². The zero-order valence-electron chi connectivity index (χ0n) is 14.5. The zero-order chi connectivity index (χ0) is 20.1. The molecule has 28 heavy (non-hydrogen) atoms. The van der Waals surface area contributed by atoms with Gasteiger partial charge in [0, 0.05) is 6.42 Å². The fraction of sp³-hybridized carbons (Fsp3) is 0.222. The van der Waals surface area contributed by atoms with E-state index in [-0.39, 0.29) is 29.9 Å². The highest BCUT2D eigenvalue weighted by atomic mass is 19.4. The summed E-state index contributed by atoms with van der Waals surface area (Å²) in [6.07, 6.45) is -4.48. The van der Waals surface area contributed by atoms with Crippen LogP contribution >= 0.6 is 0 Å². The number of carbonyl (C=O) groups excluding carboxylic acids is 1. The SMILES string of the molecule is O=C(CCn1nnc2ccccc2c1=O)Nc1ccccc1NCC(F)(F)F. The summed E-state index contributed by atoms with van der Waals surface area (Å²) >= 11 is 0. The van der Waals surface area contributed by atoms with Gasteiger partial charge in [0.15, 0.2) is 0 Å². The van der Waals surface area contributed by atoms with Crippen LogP contribution in [0.3, 0.4) is 0 Å². The molecule has 3 aromatic rings. The molecule has 2 N–H and O–H groups in total. The van der Waals surface area contributed by atoms with Gasteiger partial charge in [-0.15, -0.1) is 5.10 Å². The predicted molar refractivity (Wildman–Crippen MR) is 98.0 cm³/mol. The summed E-state index contributed by atoms with van der Waals surface area (Å²) in [7, 11) is 0. The van der Waals surface area contributed by atoms with Crippen LogP contribution in [0, 0.1) is 0 Å². The van der Waals surface area contributed by atoms with E-state index in [1.165, 1.54) is 12.1 Å². The van der Waals surface area contributed by atoms with Gasteiger partial charge in [-0.05, 0) is 24.3 Å². The highest BCUT2D eigenvalue weighted by Crippen LogP contribution is 2.23. The van der Waals surface area contributed by atoms with E-state index in [1.54, 1.807) is 36.4 Å². The molecule has 1 aromatic heterocycles. The number of anilines is 2. The van der Waals surface area contributed by atoms with Crippen molar-refractivity contribution in [2.45, 2.75) is 19.1 Å². The topological polar surface area (TPSA) is 88.9 Å². The largest absolute Gasteiger partial charge is 0.405 e. The van der Waals surface area contributed by atoms with Crippen LogP contribution in [0.1, 0.15) is 6.42 Å². The second-order valence-electron chi connectivity index (χ2n) is 5.95. The van der Waals surface area contributed by atoms with Gasteiger partial charge < -0.3 is 10.6 Å². The zero-order valence-corrected chi connectivity index (χ0v) is 14.5. The number of aryl methyl sites for hydroxylation is 1. The van der Waals surface area contributed by atoms with Gasteiger partial charge in [0.2, 0.25) is 5.91 Å². The van der Waals surface area contributed by atoms with E-state index >= 15 is 0 Å². The number of hydrogen-bond donors (Lipinski definition) is 2. The Kier molecular flexibility index (Phi) is 5.57. The van der Waals surface area contributed by atoms with E-state index in [4.69, 9.17) is 0 Å². The van der Waals surface area contributed by atoms with Gasteiger partial charge in [-0.2, -0.15) is 13.2 Å². The molecule has 0 atom stereocenters. The third kappa shape index (κ3) is 4.84. The highest BCUT2D eigenvalue weighted by molar-refractivity contribution is 5.94. The fourth-order valence-electron chi connectivity index (χ4n) is 2.53. The van der Waals surface area contributed by atoms with E-state index in [2.05, 4.69) is 20.9 Å². The molecule has 0 saturated carbocycles. The summed E-state index contributed by atoms with van der Waals surface area (Å²) in [4.78, 5) is 24.5. The van der Waals surface area contributed by atoms with Crippen LogP contribution in [0.5, 0.6) is 0 Å². The van der Waals surface area contributed by atoms with E-state index in [1.807, 2.05) is 0 Å². The molecule has 10 heteroatoms. The molecule has 1 heterocycles. The molecule has 0 fully saturated rings.